The zero-order chi connectivity index (χ0) is 36.5. The molecule has 0 aliphatic carbocycles. The van der Waals surface area contributed by atoms with Gasteiger partial charge < -0.3 is 4.57 Å². The van der Waals surface area contributed by atoms with Crippen LogP contribution in [-0.2, 0) is 0 Å². The van der Waals surface area contributed by atoms with Crippen molar-refractivity contribution in [3.8, 4) is 28.3 Å². The van der Waals surface area contributed by atoms with Crippen LogP contribution in [0.15, 0.2) is 164 Å². The normalized spacial score (nSPS) is 12.3. The maximum atomic E-state index is 5.44. The van der Waals surface area contributed by atoms with Crippen LogP contribution in [0, 0.1) is 0 Å². The molecule has 0 spiro atoms. The molecule has 5 heterocycles. The lowest BCUT2D eigenvalue weighted by molar-refractivity contribution is 1.20. The van der Waals surface area contributed by atoms with E-state index in [0.717, 1.165) is 43.9 Å². The van der Waals surface area contributed by atoms with Crippen molar-refractivity contribution < 1.29 is 0 Å². The predicted molar refractivity (Wildman–Crippen MR) is 243 cm³/mol. The summed E-state index contributed by atoms with van der Waals surface area (Å²) in [5.74, 6) is 0.735. The Morgan fingerprint density at radius 2 is 1.00 bits per heavy atom. The van der Waals surface area contributed by atoms with Crippen LogP contribution < -0.4 is 0 Å². The lowest BCUT2D eigenvalue weighted by Gasteiger charge is -2.13. The van der Waals surface area contributed by atoms with E-state index < -0.39 is 0 Å². The largest absolute Gasteiger partial charge is 0.307 e. The maximum Gasteiger partial charge on any atom is 0.160 e. The van der Waals surface area contributed by atoms with E-state index in [1.807, 2.05) is 28.7 Å². The van der Waals surface area contributed by atoms with E-state index in [1.54, 1.807) is 11.3 Å². The lowest BCUT2D eigenvalue weighted by Crippen LogP contribution is -1.97. The Kier molecular flexibility index (Phi) is 6.36. The second-order valence-electron chi connectivity index (χ2n) is 14.4. The van der Waals surface area contributed by atoms with Gasteiger partial charge in [-0.25, -0.2) is 9.97 Å². The number of fused-ring (bicyclic) bond motifs is 17. The van der Waals surface area contributed by atoms with Crippen molar-refractivity contribution in [3.05, 3.63) is 164 Å². The molecule has 0 unspecified atom stereocenters. The molecule has 13 rings (SSSR count). The predicted octanol–water partition coefficient (Wildman–Crippen LogP) is 15.2. The first kappa shape index (κ1) is 30.8. The fraction of sp³-hybridized carbons (Fsp3) is 0. The molecule has 0 fully saturated rings. The van der Waals surface area contributed by atoms with Gasteiger partial charge in [0.2, 0.25) is 0 Å². The quantitative estimate of drug-likeness (QED) is 0.179. The molecule has 56 heavy (non-hydrogen) atoms. The molecule has 5 aromatic heterocycles. The van der Waals surface area contributed by atoms with E-state index in [1.165, 1.54) is 77.6 Å². The Balaban J connectivity index is 1.25. The second-order valence-corrected chi connectivity index (χ2v) is 17.6. The van der Waals surface area contributed by atoms with Gasteiger partial charge in [-0.15, -0.1) is 34.0 Å². The maximum absolute atomic E-state index is 5.44. The van der Waals surface area contributed by atoms with E-state index >= 15 is 0 Å². The van der Waals surface area contributed by atoms with Gasteiger partial charge in [0.25, 0.3) is 0 Å². The van der Waals surface area contributed by atoms with Crippen molar-refractivity contribution >= 4 is 127 Å². The Hall–Kier alpha value is -6.44. The van der Waals surface area contributed by atoms with Gasteiger partial charge in [0.05, 0.1) is 37.3 Å². The Labute approximate surface area is 332 Å². The molecule has 0 amide bonds. The molecular formula is C50H27N3S3. The minimum atomic E-state index is 0.735. The Morgan fingerprint density at radius 3 is 1.80 bits per heavy atom. The molecule has 0 aliphatic rings. The third kappa shape index (κ3) is 4.15. The van der Waals surface area contributed by atoms with E-state index in [-0.39, 0.29) is 0 Å². The van der Waals surface area contributed by atoms with Crippen LogP contribution >= 0.6 is 34.0 Å². The van der Waals surface area contributed by atoms with E-state index in [9.17, 15) is 0 Å². The number of hydrogen-bond donors (Lipinski definition) is 0. The summed E-state index contributed by atoms with van der Waals surface area (Å²) in [6.45, 7) is 0. The van der Waals surface area contributed by atoms with E-state index in [4.69, 9.17) is 9.97 Å². The number of rotatable bonds is 3. The fourth-order valence-corrected chi connectivity index (χ4v) is 12.6. The van der Waals surface area contributed by atoms with Crippen molar-refractivity contribution in [1.82, 2.24) is 14.5 Å². The highest BCUT2D eigenvalue weighted by Gasteiger charge is 2.26. The summed E-state index contributed by atoms with van der Waals surface area (Å²) in [6.07, 6.45) is 0. The highest BCUT2D eigenvalue weighted by molar-refractivity contribution is 7.27. The molecule has 0 aliphatic heterocycles. The van der Waals surface area contributed by atoms with Crippen molar-refractivity contribution in [2.24, 2.45) is 0 Å². The summed E-state index contributed by atoms with van der Waals surface area (Å²) in [6, 6.07) is 59.3. The van der Waals surface area contributed by atoms with Crippen molar-refractivity contribution in [1.29, 1.82) is 0 Å². The highest BCUT2D eigenvalue weighted by Crippen LogP contribution is 2.52. The van der Waals surface area contributed by atoms with E-state index in [2.05, 4.69) is 162 Å². The zero-order valence-corrected chi connectivity index (χ0v) is 32.1. The van der Waals surface area contributed by atoms with Gasteiger partial charge in [0, 0.05) is 73.0 Å². The summed E-state index contributed by atoms with van der Waals surface area (Å²) in [5, 5.41) is 11.7. The molecular weight excluding hydrogens is 739 g/mol. The number of thiophene rings is 3. The smallest absolute Gasteiger partial charge is 0.160 e. The SMILES string of the molecule is c1ccc(-c2nc(-c3ccccc3)c3sc4cccc(-n5c6ccccc6c6c7ccc8sc9ccccc9c8c7c7c8ccccc8sc7c65)c4c3n2)cc1. The molecule has 3 nitrogen and oxygen atoms in total. The van der Waals surface area contributed by atoms with Crippen LogP contribution in [0.4, 0.5) is 0 Å². The van der Waals surface area contributed by atoms with Crippen molar-refractivity contribution in [3.63, 3.8) is 0 Å². The Morgan fingerprint density at radius 1 is 0.375 bits per heavy atom. The molecule has 0 N–H and O–H groups in total. The topological polar surface area (TPSA) is 30.7 Å². The van der Waals surface area contributed by atoms with Gasteiger partial charge in [-0.3, -0.25) is 0 Å². The van der Waals surface area contributed by atoms with Crippen LogP contribution in [0.3, 0.4) is 0 Å². The van der Waals surface area contributed by atoms with Gasteiger partial charge in [0.15, 0.2) is 5.82 Å². The summed E-state index contributed by atoms with van der Waals surface area (Å²) in [4.78, 5) is 10.7. The van der Waals surface area contributed by atoms with Crippen molar-refractivity contribution in [2.75, 3.05) is 0 Å². The van der Waals surface area contributed by atoms with Gasteiger partial charge in [-0.1, -0.05) is 127 Å². The molecule has 8 aromatic carbocycles. The number of aromatic nitrogens is 3. The lowest BCUT2D eigenvalue weighted by atomic mass is 9.95. The number of benzene rings is 8. The summed E-state index contributed by atoms with van der Waals surface area (Å²) >= 11 is 5.60. The first-order chi connectivity index (χ1) is 27.8. The van der Waals surface area contributed by atoms with Gasteiger partial charge in [-0.05, 0) is 41.8 Å². The van der Waals surface area contributed by atoms with Crippen LogP contribution in [0.5, 0.6) is 0 Å². The molecule has 260 valence electrons. The summed E-state index contributed by atoms with van der Waals surface area (Å²) in [7, 11) is 0. The number of nitrogens with zero attached hydrogens (tertiary/aromatic N) is 3. The molecule has 0 saturated carbocycles. The van der Waals surface area contributed by atoms with Crippen molar-refractivity contribution in [2.45, 2.75) is 0 Å². The first-order valence-corrected chi connectivity index (χ1v) is 21.2. The van der Waals surface area contributed by atoms with Crippen LogP contribution in [0.25, 0.3) is 122 Å². The summed E-state index contributed by atoms with van der Waals surface area (Å²) < 4.78 is 10.1. The van der Waals surface area contributed by atoms with Crippen LogP contribution in [0.1, 0.15) is 0 Å². The third-order valence-electron chi connectivity index (χ3n) is 11.4. The molecule has 0 bridgehead atoms. The first-order valence-electron chi connectivity index (χ1n) is 18.7. The number of para-hydroxylation sites is 1. The number of hydrogen-bond acceptors (Lipinski definition) is 5. The zero-order valence-electron chi connectivity index (χ0n) is 29.7. The van der Waals surface area contributed by atoms with Gasteiger partial charge in [-0.2, -0.15) is 0 Å². The van der Waals surface area contributed by atoms with Gasteiger partial charge >= 0.3 is 0 Å². The molecule has 13 aromatic rings. The minimum absolute atomic E-state index is 0.735. The molecule has 0 atom stereocenters. The molecule has 0 saturated heterocycles. The molecule has 0 radical (unpaired) electrons. The fourth-order valence-electron chi connectivity index (χ4n) is 9.09. The van der Waals surface area contributed by atoms with Gasteiger partial charge in [0.1, 0.15) is 0 Å². The second kappa shape index (κ2) is 11.5. The average Bonchev–Trinajstić information content (AvgIpc) is 4.03. The van der Waals surface area contributed by atoms with E-state index in [0.29, 0.717) is 0 Å². The van der Waals surface area contributed by atoms with Crippen LogP contribution in [0.2, 0.25) is 0 Å². The molecule has 6 heteroatoms. The third-order valence-corrected chi connectivity index (χ3v) is 14.9. The average molecular weight is 766 g/mol. The van der Waals surface area contributed by atoms with Crippen LogP contribution in [-0.4, -0.2) is 14.5 Å². The Bertz CT molecular complexity index is 3760. The monoisotopic (exact) mass is 765 g/mol. The standard InChI is InChI=1S/C50H27N3S3/c1-3-14-28(15-4-1)45-49-46(52-50(51-45)29-16-5-2-6-17-29)44-35(22-13-25-38(44)56-49)53-34-21-10-7-18-30(34)40-33-26-27-39-41(31-19-8-11-23-36(31)54-39)42(33)43-32-20-9-12-24-37(32)55-48(43)47(40)53/h1-27H. The highest BCUT2D eigenvalue weighted by atomic mass is 32.1. The summed E-state index contributed by atoms with van der Waals surface area (Å²) in [5.41, 5.74) is 7.63. The minimum Gasteiger partial charge on any atom is -0.307 e.